The summed E-state index contributed by atoms with van der Waals surface area (Å²) >= 11 is 0. The van der Waals surface area contributed by atoms with Crippen LogP contribution in [0.4, 0.5) is 5.69 Å². The number of fused-ring (bicyclic) bond motifs is 1. The molecule has 0 bridgehead atoms. The molecule has 0 amide bonds. The molecule has 13 heteroatoms. The molecule has 166 valence electrons. The Morgan fingerprint density at radius 1 is 1.29 bits per heavy atom. The van der Waals surface area contributed by atoms with E-state index in [1.807, 2.05) is 44.0 Å². The van der Waals surface area contributed by atoms with Gasteiger partial charge in [0.2, 0.25) is 16.1 Å². The molecule has 0 saturated heterocycles. The predicted octanol–water partition coefficient (Wildman–Crippen LogP) is -0.300. The number of rotatable bonds is 4. The van der Waals surface area contributed by atoms with Crippen molar-refractivity contribution in [2.24, 2.45) is 5.10 Å². The lowest BCUT2D eigenvalue weighted by atomic mass is 10.2. The first-order chi connectivity index (χ1) is 14.6. The van der Waals surface area contributed by atoms with E-state index in [4.69, 9.17) is 4.42 Å². The second kappa shape index (κ2) is 8.93. The molecule has 31 heavy (non-hydrogen) atoms. The lowest BCUT2D eigenvalue weighted by molar-refractivity contribution is -0.841. The summed E-state index contributed by atoms with van der Waals surface area (Å²) in [5.41, 5.74) is 3.25. The standard InChI is InChI=1S/C17H18N6O2.CH4O4S/c1-4-14-11(2)19-23(20-14)13-6-5-12-7-15(17(24)25-16(12)8-13)22-10-21(3)9-18-22;1-5-6(2,3)4/h5-9H,4,10H2,1-3H3;1H3,(H,2,3,4). The Kier molecular flexibility index (Phi) is 6.50. The molecular weight excluding hydrogens is 428 g/mol. The Balaban J connectivity index is 0.000000401. The zero-order chi connectivity index (χ0) is 22.8. The van der Waals surface area contributed by atoms with Crippen LogP contribution in [0.15, 0.2) is 38.6 Å². The molecule has 1 aromatic carbocycles. The molecule has 0 radical (unpaired) electrons. The number of aryl methyl sites for hydroxylation is 2. The maximum absolute atomic E-state index is 12.4. The number of aromatic nitrogens is 3. The minimum absolute atomic E-state index is 0.383. The molecular formula is C18H22N6O6S. The fourth-order valence-corrected chi connectivity index (χ4v) is 2.92. The van der Waals surface area contributed by atoms with Crippen LogP contribution < -0.4 is 10.6 Å². The molecule has 0 aliphatic carbocycles. The van der Waals surface area contributed by atoms with Gasteiger partial charge < -0.3 is 13.9 Å². The first-order valence-electron chi connectivity index (χ1n) is 9.24. The van der Waals surface area contributed by atoms with Crippen LogP contribution in [0.2, 0.25) is 0 Å². The molecule has 1 aliphatic heterocycles. The van der Waals surface area contributed by atoms with E-state index in [0.717, 1.165) is 41.0 Å². The highest BCUT2D eigenvalue weighted by Gasteiger charge is 2.23. The van der Waals surface area contributed by atoms with Crippen LogP contribution in [-0.2, 0) is 21.0 Å². The molecule has 0 saturated carbocycles. The Morgan fingerprint density at radius 2 is 2.00 bits per heavy atom. The van der Waals surface area contributed by atoms with Gasteiger partial charge in [-0.2, -0.15) is 20.0 Å². The van der Waals surface area contributed by atoms with Crippen LogP contribution in [-0.4, -0.2) is 60.0 Å². The molecule has 1 aliphatic rings. The number of benzene rings is 1. The van der Waals surface area contributed by atoms with Crippen molar-refractivity contribution in [3.63, 3.8) is 0 Å². The van der Waals surface area contributed by atoms with Crippen LogP contribution in [0.25, 0.3) is 16.7 Å². The summed E-state index contributed by atoms with van der Waals surface area (Å²) < 4.78 is 36.5. The van der Waals surface area contributed by atoms with Crippen molar-refractivity contribution in [1.82, 2.24) is 19.9 Å². The Bertz CT molecular complexity index is 1280. The van der Waals surface area contributed by atoms with Crippen LogP contribution in [0.5, 0.6) is 0 Å². The summed E-state index contributed by atoms with van der Waals surface area (Å²) in [5.74, 6) is 0. The molecule has 0 spiro atoms. The zero-order valence-electron chi connectivity index (χ0n) is 17.4. The summed E-state index contributed by atoms with van der Waals surface area (Å²) in [6, 6.07) is 7.44. The van der Waals surface area contributed by atoms with E-state index in [0.29, 0.717) is 17.9 Å². The third-order valence-electron chi connectivity index (χ3n) is 4.49. The van der Waals surface area contributed by atoms with Gasteiger partial charge in [-0.1, -0.05) is 12.0 Å². The SMILES string of the molecule is CCc1nn(-c2ccc3cc([NH+]4CN(C)C=N4)c(=O)oc3c2)nc1C.COS(=O)(=O)[O-]. The second-order valence-electron chi connectivity index (χ2n) is 6.73. The first kappa shape index (κ1) is 22.6. The minimum Gasteiger partial charge on any atom is -0.726 e. The average Bonchev–Trinajstić information content (AvgIpc) is 3.32. The summed E-state index contributed by atoms with van der Waals surface area (Å²) in [5, 5.41) is 14.7. The van der Waals surface area contributed by atoms with Gasteiger partial charge in [0.1, 0.15) is 5.58 Å². The maximum atomic E-state index is 12.4. The van der Waals surface area contributed by atoms with Crippen LogP contribution in [0.1, 0.15) is 18.3 Å². The number of nitrogens with one attached hydrogen (secondary N) is 1. The van der Waals surface area contributed by atoms with Gasteiger partial charge in [-0.05, 0) is 25.5 Å². The third kappa shape index (κ3) is 5.32. The lowest BCUT2D eigenvalue weighted by Gasteiger charge is -2.09. The summed E-state index contributed by atoms with van der Waals surface area (Å²) in [6.45, 7) is 4.58. The average molecular weight is 450 g/mol. The molecule has 0 fully saturated rings. The quantitative estimate of drug-likeness (QED) is 0.321. The van der Waals surface area contributed by atoms with E-state index in [1.165, 1.54) is 0 Å². The van der Waals surface area contributed by atoms with E-state index in [1.54, 1.807) is 17.2 Å². The minimum atomic E-state index is -4.41. The molecule has 3 aromatic rings. The van der Waals surface area contributed by atoms with Gasteiger partial charge in [-0.3, -0.25) is 4.18 Å². The number of quaternary nitrogens is 1. The number of nitrogens with zero attached hydrogens (tertiary/aromatic N) is 5. The number of hydrogen-bond acceptors (Lipinski definition) is 10. The predicted molar refractivity (Wildman–Crippen MR) is 110 cm³/mol. The summed E-state index contributed by atoms with van der Waals surface area (Å²) in [4.78, 5) is 15.9. The highest BCUT2D eigenvalue weighted by molar-refractivity contribution is 7.80. The third-order valence-corrected chi connectivity index (χ3v) is 4.90. The molecule has 12 nitrogen and oxygen atoms in total. The highest BCUT2D eigenvalue weighted by atomic mass is 32.3. The van der Waals surface area contributed by atoms with Crippen molar-refractivity contribution >= 4 is 33.4 Å². The van der Waals surface area contributed by atoms with Gasteiger partial charge in [0.15, 0.2) is 13.0 Å². The van der Waals surface area contributed by atoms with Crippen molar-refractivity contribution in [1.29, 1.82) is 0 Å². The van der Waals surface area contributed by atoms with Gasteiger partial charge >= 0.3 is 5.63 Å². The van der Waals surface area contributed by atoms with Crippen molar-refractivity contribution < 1.29 is 26.6 Å². The van der Waals surface area contributed by atoms with Crippen LogP contribution in [0, 0.1) is 6.92 Å². The zero-order valence-corrected chi connectivity index (χ0v) is 18.2. The van der Waals surface area contributed by atoms with Crippen molar-refractivity contribution in [3.05, 3.63) is 46.1 Å². The highest BCUT2D eigenvalue weighted by Crippen LogP contribution is 2.19. The summed E-state index contributed by atoms with van der Waals surface area (Å²) in [6.07, 6.45) is 2.53. The smallest absolute Gasteiger partial charge is 0.400 e. The number of hydrogen-bond donors (Lipinski definition) is 1. The lowest BCUT2D eigenvalue weighted by Crippen LogP contribution is -3.02. The fourth-order valence-electron chi connectivity index (χ4n) is 2.92. The second-order valence-corrected chi connectivity index (χ2v) is 7.88. The topological polar surface area (TPSA) is 147 Å². The van der Waals surface area contributed by atoms with Crippen molar-refractivity contribution in [2.75, 3.05) is 20.8 Å². The summed E-state index contributed by atoms with van der Waals surface area (Å²) in [7, 11) is -1.69. The fraction of sp³-hybridized carbons (Fsp3) is 0.333. The Morgan fingerprint density at radius 3 is 2.55 bits per heavy atom. The Labute approximate surface area is 178 Å². The normalized spacial score (nSPS) is 15.9. The van der Waals surface area contributed by atoms with Gasteiger partial charge in [-0.15, -0.1) is 0 Å². The largest absolute Gasteiger partial charge is 0.726 e. The van der Waals surface area contributed by atoms with Crippen molar-refractivity contribution in [2.45, 2.75) is 20.3 Å². The molecule has 1 atom stereocenters. The molecule has 4 rings (SSSR count). The Hall–Kier alpha value is -3.13. The maximum Gasteiger partial charge on any atom is 0.400 e. The van der Waals surface area contributed by atoms with E-state index in [2.05, 4.69) is 19.5 Å². The molecule has 3 heterocycles. The van der Waals surface area contributed by atoms with Gasteiger partial charge in [0.25, 0.3) is 0 Å². The first-order valence-corrected chi connectivity index (χ1v) is 10.6. The van der Waals surface area contributed by atoms with Gasteiger partial charge in [0.05, 0.1) is 24.2 Å². The van der Waals surface area contributed by atoms with Crippen molar-refractivity contribution in [3.8, 4) is 5.69 Å². The molecule has 2 aromatic heterocycles. The van der Waals surface area contributed by atoms with E-state index in [9.17, 15) is 17.8 Å². The van der Waals surface area contributed by atoms with E-state index < -0.39 is 10.4 Å². The van der Waals surface area contributed by atoms with Crippen LogP contribution >= 0.6 is 0 Å². The van der Waals surface area contributed by atoms with Gasteiger partial charge in [-0.25, -0.2) is 13.2 Å². The molecule has 1 unspecified atom stereocenters. The van der Waals surface area contributed by atoms with E-state index in [-0.39, 0.29) is 5.63 Å². The van der Waals surface area contributed by atoms with E-state index >= 15 is 0 Å². The van der Waals surface area contributed by atoms with Gasteiger partial charge in [0, 0.05) is 24.6 Å². The van der Waals surface area contributed by atoms with Crippen LogP contribution in [0.3, 0.4) is 0 Å². The molecule has 1 N–H and O–H groups in total. The monoisotopic (exact) mass is 450 g/mol.